The molecule has 0 aliphatic carbocycles. The molecule has 4 heteroatoms. The molecular weight excluding hydrogens is 244 g/mol. The topological polar surface area (TPSA) is 34.1 Å². The normalized spacial score (nSPS) is 12.6. The van der Waals surface area contributed by atoms with E-state index in [4.69, 9.17) is 4.74 Å². The number of aromatic nitrogens is 1. The molecule has 1 atom stereocenters. The summed E-state index contributed by atoms with van der Waals surface area (Å²) in [5.41, 5.74) is 2.56. The minimum atomic E-state index is 0.154. The van der Waals surface area contributed by atoms with Crippen molar-refractivity contribution in [3.05, 3.63) is 52.0 Å². The monoisotopic (exact) mass is 262 g/mol. The Morgan fingerprint density at radius 2 is 2.22 bits per heavy atom. The molecule has 2 rings (SSSR count). The van der Waals surface area contributed by atoms with Crippen LogP contribution in [-0.4, -0.2) is 25.2 Å². The van der Waals surface area contributed by atoms with Gasteiger partial charge in [0.15, 0.2) is 0 Å². The Bertz CT molecular complexity index is 470. The third kappa shape index (κ3) is 3.16. The molecule has 0 spiro atoms. The van der Waals surface area contributed by atoms with Crippen LogP contribution in [0.3, 0.4) is 0 Å². The molecule has 0 radical (unpaired) electrons. The van der Waals surface area contributed by atoms with E-state index < -0.39 is 0 Å². The van der Waals surface area contributed by atoms with E-state index in [1.807, 2.05) is 11.6 Å². The quantitative estimate of drug-likeness (QED) is 0.813. The van der Waals surface area contributed by atoms with E-state index in [-0.39, 0.29) is 6.04 Å². The maximum Gasteiger partial charge on any atom is 0.114 e. The fourth-order valence-corrected chi connectivity index (χ4v) is 2.65. The largest absolute Gasteiger partial charge is 0.383 e. The minimum Gasteiger partial charge on any atom is -0.383 e. The van der Waals surface area contributed by atoms with Crippen LogP contribution in [0.25, 0.3) is 0 Å². The van der Waals surface area contributed by atoms with Crippen LogP contribution in [0.2, 0.25) is 0 Å². The molecule has 0 bridgehead atoms. The Hall–Kier alpha value is -1.23. The highest BCUT2D eigenvalue weighted by molar-refractivity contribution is 7.09. The van der Waals surface area contributed by atoms with Crippen molar-refractivity contribution in [2.45, 2.75) is 13.0 Å². The number of methoxy groups -OCH3 is 1. The number of aryl methyl sites for hydroxylation is 1. The van der Waals surface area contributed by atoms with Crippen LogP contribution in [-0.2, 0) is 4.74 Å². The molecule has 1 aromatic heterocycles. The highest BCUT2D eigenvalue weighted by Gasteiger charge is 2.17. The molecule has 3 nitrogen and oxygen atoms in total. The Labute approximate surface area is 112 Å². The zero-order valence-corrected chi connectivity index (χ0v) is 11.5. The van der Waals surface area contributed by atoms with Gasteiger partial charge in [-0.05, 0) is 18.1 Å². The third-order valence-corrected chi connectivity index (χ3v) is 3.69. The zero-order chi connectivity index (χ0) is 12.8. The Morgan fingerprint density at radius 3 is 2.89 bits per heavy atom. The Kier molecular flexibility index (Phi) is 4.87. The van der Waals surface area contributed by atoms with Crippen molar-refractivity contribution in [1.29, 1.82) is 0 Å². The minimum absolute atomic E-state index is 0.154. The molecule has 1 N–H and O–H groups in total. The zero-order valence-electron chi connectivity index (χ0n) is 10.7. The van der Waals surface area contributed by atoms with Crippen LogP contribution in [0, 0.1) is 6.92 Å². The summed E-state index contributed by atoms with van der Waals surface area (Å²) in [6.45, 7) is 3.65. The summed E-state index contributed by atoms with van der Waals surface area (Å²) in [4.78, 5) is 4.43. The second kappa shape index (κ2) is 6.64. The van der Waals surface area contributed by atoms with E-state index in [0.29, 0.717) is 6.61 Å². The molecule has 1 heterocycles. The van der Waals surface area contributed by atoms with Gasteiger partial charge in [-0.15, -0.1) is 11.3 Å². The first-order valence-corrected chi connectivity index (χ1v) is 6.88. The molecule has 0 saturated carbocycles. The molecule has 1 aromatic carbocycles. The van der Waals surface area contributed by atoms with E-state index in [9.17, 15) is 0 Å². The average Bonchev–Trinajstić information content (AvgIpc) is 2.90. The van der Waals surface area contributed by atoms with Gasteiger partial charge in [0.05, 0.1) is 12.6 Å². The first-order valence-electron chi connectivity index (χ1n) is 6.00. The summed E-state index contributed by atoms with van der Waals surface area (Å²) in [6.07, 6.45) is 1.85. The highest BCUT2D eigenvalue weighted by Crippen LogP contribution is 2.25. The van der Waals surface area contributed by atoms with Crippen molar-refractivity contribution in [3.63, 3.8) is 0 Å². The molecule has 0 amide bonds. The summed E-state index contributed by atoms with van der Waals surface area (Å²) in [6, 6.07) is 8.57. The van der Waals surface area contributed by atoms with Gasteiger partial charge in [-0.25, -0.2) is 4.98 Å². The average molecular weight is 262 g/mol. The lowest BCUT2D eigenvalue weighted by molar-refractivity contribution is 0.197. The lowest BCUT2D eigenvalue weighted by Crippen LogP contribution is -2.26. The molecule has 0 saturated heterocycles. The van der Waals surface area contributed by atoms with Crippen molar-refractivity contribution < 1.29 is 4.74 Å². The van der Waals surface area contributed by atoms with E-state index in [1.165, 1.54) is 11.1 Å². The fraction of sp³-hybridized carbons (Fsp3) is 0.357. The van der Waals surface area contributed by atoms with Crippen LogP contribution in [0.15, 0.2) is 35.8 Å². The van der Waals surface area contributed by atoms with Crippen molar-refractivity contribution in [3.8, 4) is 0 Å². The SMILES string of the molecule is COCCNC(c1nccs1)c1ccccc1C. The second-order valence-electron chi connectivity index (χ2n) is 4.11. The van der Waals surface area contributed by atoms with Gasteiger partial charge in [-0.3, -0.25) is 0 Å². The summed E-state index contributed by atoms with van der Waals surface area (Å²) in [5.74, 6) is 0. The molecule has 1 unspecified atom stereocenters. The predicted molar refractivity (Wildman–Crippen MR) is 75.0 cm³/mol. The number of benzene rings is 1. The number of hydrogen-bond donors (Lipinski definition) is 1. The summed E-state index contributed by atoms with van der Waals surface area (Å²) in [7, 11) is 1.72. The number of hydrogen-bond acceptors (Lipinski definition) is 4. The van der Waals surface area contributed by atoms with Gasteiger partial charge in [-0.2, -0.15) is 0 Å². The number of nitrogens with one attached hydrogen (secondary N) is 1. The van der Waals surface area contributed by atoms with Crippen LogP contribution in [0.1, 0.15) is 22.2 Å². The van der Waals surface area contributed by atoms with Crippen LogP contribution >= 0.6 is 11.3 Å². The Balaban J connectivity index is 2.22. The highest BCUT2D eigenvalue weighted by atomic mass is 32.1. The van der Waals surface area contributed by atoms with E-state index in [2.05, 4.69) is 41.5 Å². The Morgan fingerprint density at radius 1 is 1.39 bits per heavy atom. The summed E-state index contributed by atoms with van der Waals surface area (Å²) in [5, 5.41) is 6.61. The van der Waals surface area contributed by atoms with Crippen molar-refractivity contribution in [1.82, 2.24) is 10.3 Å². The molecule has 0 aliphatic rings. The van der Waals surface area contributed by atoms with E-state index in [0.717, 1.165) is 11.6 Å². The first kappa shape index (κ1) is 13.2. The number of nitrogens with zero attached hydrogens (tertiary/aromatic N) is 1. The predicted octanol–water partition coefficient (Wildman–Crippen LogP) is 2.78. The second-order valence-corrected chi connectivity index (χ2v) is 5.03. The van der Waals surface area contributed by atoms with Gasteiger partial charge in [0.1, 0.15) is 5.01 Å². The van der Waals surface area contributed by atoms with Crippen molar-refractivity contribution in [2.75, 3.05) is 20.3 Å². The summed E-state index contributed by atoms with van der Waals surface area (Å²) < 4.78 is 5.10. The van der Waals surface area contributed by atoms with Crippen LogP contribution in [0.5, 0.6) is 0 Å². The molecule has 0 fully saturated rings. The molecular formula is C14H18N2OS. The standard InChI is InChI=1S/C14H18N2OS/c1-11-5-3-4-6-12(11)13(15-7-9-17-2)14-16-8-10-18-14/h3-6,8,10,13,15H,7,9H2,1-2H3. The van der Waals surface area contributed by atoms with Crippen LogP contribution in [0.4, 0.5) is 0 Å². The first-order chi connectivity index (χ1) is 8.83. The van der Waals surface area contributed by atoms with Crippen molar-refractivity contribution >= 4 is 11.3 Å². The van der Waals surface area contributed by atoms with Gasteiger partial charge in [0.25, 0.3) is 0 Å². The van der Waals surface area contributed by atoms with E-state index >= 15 is 0 Å². The lowest BCUT2D eigenvalue weighted by Gasteiger charge is -2.18. The third-order valence-electron chi connectivity index (χ3n) is 2.85. The lowest BCUT2D eigenvalue weighted by atomic mass is 10.0. The maximum atomic E-state index is 5.10. The van der Waals surface area contributed by atoms with Gasteiger partial charge >= 0.3 is 0 Å². The molecule has 96 valence electrons. The molecule has 2 aromatic rings. The van der Waals surface area contributed by atoms with Gasteiger partial charge in [0.2, 0.25) is 0 Å². The molecule has 18 heavy (non-hydrogen) atoms. The van der Waals surface area contributed by atoms with Crippen LogP contribution < -0.4 is 5.32 Å². The number of ether oxygens (including phenoxy) is 1. The molecule has 0 aliphatic heterocycles. The number of thiazole rings is 1. The van der Waals surface area contributed by atoms with Crippen molar-refractivity contribution in [2.24, 2.45) is 0 Å². The van der Waals surface area contributed by atoms with Gasteiger partial charge in [-0.1, -0.05) is 24.3 Å². The van der Waals surface area contributed by atoms with Gasteiger partial charge < -0.3 is 10.1 Å². The maximum absolute atomic E-state index is 5.10. The fourth-order valence-electron chi connectivity index (χ4n) is 1.92. The smallest absolute Gasteiger partial charge is 0.114 e. The van der Waals surface area contributed by atoms with Gasteiger partial charge in [0, 0.05) is 25.2 Å². The number of rotatable bonds is 6. The van der Waals surface area contributed by atoms with E-state index in [1.54, 1.807) is 18.4 Å². The summed E-state index contributed by atoms with van der Waals surface area (Å²) >= 11 is 1.68.